The standard InChI is InChI=1S/C2H6NO3S.Na/c3-1-2-7(4,5)6;/h1H,2-3H2,(H,4,5,6);/q;+1/p-1. The first-order valence-electron chi connectivity index (χ1n) is 1.53. The molecule has 0 aromatic heterocycles. The maximum absolute atomic E-state index is 9.56. The fraction of sp³-hybridized carbons (Fsp3) is 0.500. The SMILES string of the molecule is N[CH]CS(=O)(=O)[O-].[Na+]. The molecular formula is C2H5NNaO3S. The van der Waals surface area contributed by atoms with Crippen molar-refractivity contribution >= 4 is 10.1 Å². The van der Waals surface area contributed by atoms with Crippen LogP contribution >= 0.6 is 0 Å². The van der Waals surface area contributed by atoms with Crippen molar-refractivity contribution < 1.29 is 42.5 Å². The summed E-state index contributed by atoms with van der Waals surface area (Å²) in [6.45, 7) is 0.808. The summed E-state index contributed by atoms with van der Waals surface area (Å²) in [6.07, 6.45) is 0. The van der Waals surface area contributed by atoms with Gasteiger partial charge in [0.05, 0.1) is 15.9 Å². The molecule has 1 radical (unpaired) electrons. The largest absolute Gasteiger partial charge is 1.00 e. The fourth-order valence-corrected chi connectivity index (χ4v) is 0.354. The Balaban J connectivity index is 0. The van der Waals surface area contributed by atoms with E-state index < -0.39 is 15.9 Å². The molecule has 0 spiro atoms. The average Bonchev–Trinajstić information content (AvgIpc) is 1.30. The molecule has 0 bridgehead atoms. The quantitative estimate of drug-likeness (QED) is 0.315. The van der Waals surface area contributed by atoms with Gasteiger partial charge in [0.2, 0.25) is 0 Å². The predicted octanol–water partition coefficient (Wildman–Crippen LogP) is -4.34. The van der Waals surface area contributed by atoms with Crippen molar-refractivity contribution in [3.8, 4) is 0 Å². The molecule has 0 aromatic carbocycles. The van der Waals surface area contributed by atoms with E-state index in [9.17, 15) is 13.0 Å². The van der Waals surface area contributed by atoms with Crippen molar-refractivity contribution in [2.24, 2.45) is 5.73 Å². The third kappa shape index (κ3) is 9.98. The van der Waals surface area contributed by atoms with Crippen LogP contribution in [0.15, 0.2) is 0 Å². The van der Waals surface area contributed by atoms with E-state index in [0.29, 0.717) is 0 Å². The van der Waals surface area contributed by atoms with Crippen LogP contribution in [0.1, 0.15) is 0 Å². The van der Waals surface area contributed by atoms with Crippen molar-refractivity contribution in [3.63, 3.8) is 0 Å². The van der Waals surface area contributed by atoms with Crippen LogP contribution in [0.4, 0.5) is 0 Å². The van der Waals surface area contributed by atoms with Gasteiger partial charge in [-0.1, -0.05) is 0 Å². The summed E-state index contributed by atoms with van der Waals surface area (Å²) >= 11 is 0. The zero-order valence-corrected chi connectivity index (χ0v) is 7.31. The van der Waals surface area contributed by atoms with Crippen LogP contribution in [-0.4, -0.2) is 18.7 Å². The Kier molecular flexibility index (Phi) is 6.87. The van der Waals surface area contributed by atoms with Gasteiger partial charge >= 0.3 is 29.6 Å². The van der Waals surface area contributed by atoms with Crippen molar-refractivity contribution in [2.45, 2.75) is 0 Å². The van der Waals surface area contributed by atoms with Crippen molar-refractivity contribution in [3.05, 3.63) is 6.54 Å². The maximum atomic E-state index is 9.56. The second-order valence-electron chi connectivity index (χ2n) is 0.960. The molecule has 0 amide bonds. The van der Waals surface area contributed by atoms with Gasteiger partial charge in [0.1, 0.15) is 0 Å². The Hall–Kier alpha value is 0.870. The van der Waals surface area contributed by atoms with Crippen molar-refractivity contribution in [1.29, 1.82) is 0 Å². The summed E-state index contributed by atoms with van der Waals surface area (Å²) < 4.78 is 28.7. The van der Waals surface area contributed by atoms with Gasteiger partial charge in [-0.05, 0) is 0 Å². The summed E-state index contributed by atoms with van der Waals surface area (Å²) in [5.41, 5.74) is 4.61. The molecule has 0 saturated carbocycles. The third-order valence-corrected chi connectivity index (χ3v) is 0.901. The van der Waals surface area contributed by atoms with Gasteiger partial charge in [0, 0.05) is 6.54 Å². The Morgan fingerprint density at radius 1 is 1.62 bits per heavy atom. The summed E-state index contributed by atoms with van der Waals surface area (Å²) in [4.78, 5) is 0. The monoisotopic (exact) mass is 146 g/mol. The molecule has 6 heteroatoms. The average molecular weight is 146 g/mol. The fourth-order valence-electron chi connectivity index (χ4n) is 0.118. The van der Waals surface area contributed by atoms with Crippen LogP contribution in [0.2, 0.25) is 0 Å². The van der Waals surface area contributed by atoms with Crippen LogP contribution in [0.5, 0.6) is 0 Å². The van der Waals surface area contributed by atoms with Gasteiger partial charge in [0.25, 0.3) is 0 Å². The molecule has 43 valence electrons. The summed E-state index contributed by atoms with van der Waals surface area (Å²) in [6, 6.07) is 0. The Bertz CT molecular complexity index is 130. The minimum absolute atomic E-state index is 0. The Morgan fingerprint density at radius 2 is 2.00 bits per heavy atom. The van der Waals surface area contributed by atoms with Crippen LogP contribution in [-0.2, 0) is 10.1 Å². The van der Waals surface area contributed by atoms with E-state index in [1.54, 1.807) is 0 Å². The second-order valence-corrected chi connectivity index (χ2v) is 2.41. The molecule has 0 aliphatic heterocycles. The Morgan fingerprint density at radius 3 is 2.00 bits per heavy atom. The van der Waals surface area contributed by atoms with E-state index in [4.69, 9.17) is 0 Å². The van der Waals surface area contributed by atoms with Gasteiger partial charge in [-0.2, -0.15) is 0 Å². The van der Waals surface area contributed by atoms with Gasteiger partial charge in [-0.15, -0.1) is 0 Å². The maximum Gasteiger partial charge on any atom is 1.00 e. The molecule has 8 heavy (non-hydrogen) atoms. The van der Waals surface area contributed by atoms with Gasteiger partial charge < -0.3 is 10.3 Å². The van der Waals surface area contributed by atoms with Crippen LogP contribution in [0.3, 0.4) is 0 Å². The van der Waals surface area contributed by atoms with Gasteiger partial charge in [0.15, 0.2) is 0 Å². The molecule has 0 aliphatic carbocycles. The minimum atomic E-state index is -4.10. The Labute approximate surface area is 70.5 Å². The predicted molar refractivity (Wildman–Crippen MR) is 23.1 cm³/mol. The molecule has 4 nitrogen and oxygen atoms in total. The summed E-state index contributed by atoms with van der Waals surface area (Å²) in [5.74, 6) is -0.590. The van der Waals surface area contributed by atoms with E-state index >= 15 is 0 Å². The van der Waals surface area contributed by atoms with E-state index in [-0.39, 0.29) is 29.6 Å². The van der Waals surface area contributed by atoms with E-state index in [1.165, 1.54) is 0 Å². The normalized spacial score (nSPS) is 10.2. The molecule has 2 N–H and O–H groups in total. The van der Waals surface area contributed by atoms with Crippen LogP contribution < -0.4 is 35.3 Å². The van der Waals surface area contributed by atoms with Crippen molar-refractivity contribution in [2.75, 3.05) is 5.75 Å². The molecule has 0 saturated heterocycles. The van der Waals surface area contributed by atoms with Crippen LogP contribution in [0, 0.1) is 6.54 Å². The zero-order chi connectivity index (χ0) is 5.91. The first kappa shape index (κ1) is 11.6. The topological polar surface area (TPSA) is 83.2 Å². The minimum Gasteiger partial charge on any atom is -0.748 e. The number of rotatable bonds is 2. The molecule has 0 rings (SSSR count). The summed E-state index contributed by atoms with van der Waals surface area (Å²) in [7, 11) is -4.10. The van der Waals surface area contributed by atoms with E-state index in [2.05, 4.69) is 5.73 Å². The molecule has 0 fully saturated rings. The molecular weight excluding hydrogens is 141 g/mol. The number of nitrogens with two attached hydrogens (primary N) is 1. The molecule has 0 aliphatic rings. The molecule has 0 atom stereocenters. The first-order valence-corrected chi connectivity index (χ1v) is 3.11. The van der Waals surface area contributed by atoms with Crippen LogP contribution in [0.25, 0.3) is 0 Å². The smallest absolute Gasteiger partial charge is 0.748 e. The van der Waals surface area contributed by atoms with Crippen molar-refractivity contribution in [1.82, 2.24) is 0 Å². The summed E-state index contributed by atoms with van der Waals surface area (Å²) in [5, 5.41) is 0. The molecule has 0 unspecified atom stereocenters. The zero-order valence-electron chi connectivity index (χ0n) is 4.49. The third-order valence-electron chi connectivity index (χ3n) is 0.300. The molecule has 0 heterocycles. The van der Waals surface area contributed by atoms with Gasteiger partial charge in [-0.3, -0.25) is 0 Å². The van der Waals surface area contributed by atoms with E-state index in [0.717, 1.165) is 6.54 Å². The number of hydrogen-bond acceptors (Lipinski definition) is 4. The van der Waals surface area contributed by atoms with Gasteiger partial charge in [-0.25, -0.2) is 8.42 Å². The second kappa shape index (κ2) is 4.72. The van der Waals surface area contributed by atoms with E-state index in [1.807, 2.05) is 0 Å². The molecule has 0 aromatic rings. The first-order chi connectivity index (χ1) is 3.06. The number of hydrogen-bond donors (Lipinski definition) is 1.